The van der Waals surface area contributed by atoms with E-state index in [1.165, 1.54) is 29.2 Å². The average molecular weight is 605 g/mol. The van der Waals surface area contributed by atoms with Gasteiger partial charge in [0.25, 0.3) is 10.0 Å². The molecule has 0 saturated carbocycles. The normalized spacial score (nSPS) is 12.2. The maximum Gasteiger partial charge on any atom is 0.264 e. The van der Waals surface area contributed by atoms with Crippen molar-refractivity contribution in [2.75, 3.05) is 17.4 Å². The van der Waals surface area contributed by atoms with Crippen LogP contribution in [0.2, 0.25) is 10.0 Å². The number of sulfonamides is 1. The van der Waals surface area contributed by atoms with Gasteiger partial charge in [-0.3, -0.25) is 13.9 Å². The number of halogens is 2. The minimum Gasteiger partial charge on any atom is -0.354 e. The van der Waals surface area contributed by atoms with Crippen LogP contribution in [0.25, 0.3) is 0 Å². The topological polar surface area (TPSA) is 86.8 Å². The summed E-state index contributed by atoms with van der Waals surface area (Å²) < 4.78 is 28.9. The number of aryl methyl sites for hydroxylation is 1. The van der Waals surface area contributed by atoms with Crippen molar-refractivity contribution in [1.82, 2.24) is 10.2 Å². The zero-order valence-electron chi connectivity index (χ0n) is 23.1. The molecule has 3 rings (SSSR count). The van der Waals surface area contributed by atoms with E-state index < -0.39 is 28.5 Å². The minimum atomic E-state index is -4.24. The average Bonchev–Trinajstić information content (AvgIpc) is 2.92. The third-order valence-electron chi connectivity index (χ3n) is 6.33. The van der Waals surface area contributed by atoms with Crippen LogP contribution in [-0.2, 0) is 26.2 Å². The van der Waals surface area contributed by atoms with Crippen LogP contribution in [0, 0.1) is 12.8 Å². The van der Waals surface area contributed by atoms with Gasteiger partial charge in [0.1, 0.15) is 12.6 Å². The fourth-order valence-corrected chi connectivity index (χ4v) is 6.01. The van der Waals surface area contributed by atoms with E-state index in [0.29, 0.717) is 13.0 Å². The Morgan fingerprint density at radius 1 is 0.950 bits per heavy atom. The van der Waals surface area contributed by atoms with Gasteiger partial charge in [-0.15, -0.1) is 0 Å². The van der Waals surface area contributed by atoms with Gasteiger partial charge in [0, 0.05) is 18.1 Å². The van der Waals surface area contributed by atoms with Crippen molar-refractivity contribution in [3.05, 3.63) is 94.0 Å². The number of carbonyl (C=O) groups is 2. The van der Waals surface area contributed by atoms with Crippen molar-refractivity contribution in [1.29, 1.82) is 0 Å². The number of hydrogen-bond donors (Lipinski definition) is 1. The first-order valence-electron chi connectivity index (χ1n) is 13.1. The lowest BCUT2D eigenvalue weighted by molar-refractivity contribution is -0.140. The molecular formula is C30H35Cl2N3O4S. The van der Waals surface area contributed by atoms with E-state index in [0.717, 1.165) is 15.4 Å². The maximum atomic E-state index is 14.1. The smallest absolute Gasteiger partial charge is 0.264 e. The van der Waals surface area contributed by atoms with E-state index in [-0.39, 0.29) is 39.0 Å². The summed E-state index contributed by atoms with van der Waals surface area (Å²) >= 11 is 12.7. The van der Waals surface area contributed by atoms with E-state index in [9.17, 15) is 18.0 Å². The lowest BCUT2D eigenvalue weighted by Crippen LogP contribution is -2.52. The Morgan fingerprint density at radius 2 is 1.60 bits per heavy atom. The Kier molecular flexibility index (Phi) is 11.0. The van der Waals surface area contributed by atoms with Gasteiger partial charge in [-0.2, -0.15) is 0 Å². The molecule has 0 heterocycles. The molecular weight excluding hydrogens is 569 g/mol. The van der Waals surface area contributed by atoms with Crippen LogP contribution in [-0.4, -0.2) is 44.3 Å². The number of benzene rings is 3. The monoisotopic (exact) mass is 603 g/mol. The highest BCUT2D eigenvalue weighted by molar-refractivity contribution is 7.92. The van der Waals surface area contributed by atoms with Gasteiger partial charge < -0.3 is 10.2 Å². The van der Waals surface area contributed by atoms with E-state index in [2.05, 4.69) is 5.32 Å². The SMILES string of the molecule is CC[C@H](C(=O)NCC(C)C)N(Cc1ccccc1)C(=O)CN(c1cc(Cl)ccc1Cl)S(=O)(=O)c1ccc(C)cc1. The first-order chi connectivity index (χ1) is 18.9. The molecule has 214 valence electrons. The van der Waals surface area contributed by atoms with Crippen molar-refractivity contribution >= 4 is 50.7 Å². The number of amides is 2. The van der Waals surface area contributed by atoms with E-state index in [1.54, 1.807) is 18.2 Å². The van der Waals surface area contributed by atoms with Crippen molar-refractivity contribution in [2.24, 2.45) is 5.92 Å². The fraction of sp³-hybridized carbons (Fsp3) is 0.333. The van der Waals surface area contributed by atoms with Gasteiger partial charge in [0.2, 0.25) is 11.8 Å². The summed E-state index contributed by atoms with van der Waals surface area (Å²) in [4.78, 5) is 28.7. The molecule has 0 spiro atoms. The first-order valence-corrected chi connectivity index (χ1v) is 15.3. The van der Waals surface area contributed by atoms with Gasteiger partial charge >= 0.3 is 0 Å². The van der Waals surface area contributed by atoms with Crippen LogP contribution in [0.5, 0.6) is 0 Å². The molecule has 40 heavy (non-hydrogen) atoms. The molecule has 0 bridgehead atoms. The summed E-state index contributed by atoms with van der Waals surface area (Å²) in [5.41, 5.74) is 1.76. The summed E-state index contributed by atoms with van der Waals surface area (Å²) in [7, 11) is -4.24. The number of carbonyl (C=O) groups excluding carboxylic acids is 2. The molecule has 0 aliphatic rings. The quantitative estimate of drug-likeness (QED) is 0.272. The molecule has 0 aromatic heterocycles. The van der Waals surface area contributed by atoms with Crippen LogP contribution >= 0.6 is 23.2 Å². The fourth-order valence-electron chi connectivity index (χ4n) is 4.15. The third-order valence-corrected chi connectivity index (χ3v) is 8.66. The zero-order chi connectivity index (χ0) is 29.4. The maximum absolute atomic E-state index is 14.1. The second-order valence-corrected chi connectivity index (χ2v) is 12.7. The molecule has 1 N–H and O–H groups in total. The molecule has 0 fully saturated rings. The molecule has 3 aromatic carbocycles. The minimum absolute atomic E-state index is 0.00160. The molecule has 3 aromatic rings. The second-order valence-electron chi connectivity index (χ2n) is 9.99. The van der Waals surface area contributed by atoms with Crippen LogP contribution < -0.4 is 9.62 Å². The highest BCUT2D eigenvalue weighted by Crippen LogP contribution is 2.33. The number of hydrogen-bond acceptors (Lipinski definition) is 4. The Bertz CT molecular complexity index is 1410. The van der Waals surface area contributed by atoms with Gasteiger partial charge in [0.05, 0.1) is 15.6 Å². The standard InChI is InChI=1S/C30H35Cl2N3O4S/c1-5-27(30(37)33-18-21(2)3)34(19-23-9-7-6-8-10-23)29(36)20-35(28-17-24(31)13-16-26(28)32)40(38,39)25-14-11-22(4)12-15-25/h6-17,21,27H,5,18-20H2,1-4H3,(H,33,37)/t27-/m1/s1. The largest absolute Gasteiger partial charge is 0.354 e. The highest BCUT2D eigenvalue weighted by atomic mass is 35.5. The predicted octanol–water partition coefficient (Wildman–Crippen LogP) is 6.08. The van der Waals surface area contributed by atoms with Crippen LogP contribution in [0.4, 0.5) is 5.69 Å². The molecule has 0 aliphatic heterocycles. The summed E-state index contributed by atoms with van der Waals surface area (Å²) in [5.74, 6) is -0.629. The Morgan fingerprint density at radius 3 is 2.20 bits per heavy atom. The summed E-state index contributed by atoms with van der Waals surface area (Å²) in [5, 5.41) is 3.29. The van der Waals surface area contributed by atoms with Crippen LogP contribution in [0.3, 0.4) is 0 Å². The molecule has 2 amide bonds. The highest BCUT2D eigenvalue weighted by Gasteiger charge is 2.34. The van der Waals surface area contributed by atoms with E-state index >= 15 is 0 Å². The number of anilines is 1. The molecule has 0 unspecified atom stereocenters. The summed E-state index contributed by atoms with van der Waals surface area (Å²) in [6.07, 6.45) is 0.338. The molecule has 7 nitrogen and oxygen atoms in total. The Labute approximate surface area is 247 Å². The summed E-state index contributed by atoms with van der Waals surface area (Å²) in [6, 6.07) is 19.2. The van der Waals surface area contributed by atoms with Crippen LogP contribution in [0.15, 0.2) is 77.7 Å². The molecule has 0 saturated heterocycles. The molecule has 1 atom stereocenters. The Hall–Kier alpha value is -3.07. The number of rotatable bonds is 12. The predicted molar refractivity (Wildman–Crippen MR) is 161 cm³/mol. The van der Waals surface area contributed by atoms with Crippen molar-refractivity contribution in [2.45, 2.75) is 51.6 Å². The van der Waals surface area contributed by atoms with Gasteiger partial charge in [0.15, 0.2) is 0 Å². The van der Waals surface area contributed by atoms with Gasteiger partial charge in [-0.05, 0) is 55.2 Å². The summed E-state index contributed by atoms with van der Waals surface area (Å²) in [6.45, 7) is 7.62. The lowest BCUT2D eigenvalue weighted by Gasteiger charge is -2.33. The van der Waals surface area contributed by atoms with Crippen molar-refractivity contribution in [3.8, 4) is 0 Å². The Balaban J connectivity index is 2.07. The van der Waals surface area contributed by atoms with Crippen LogP contribution in [0.1, 0.15) is 38.3 Å². The molecule has 0 aliphatic carbocycles. The molecule has 10 heteroatoms. The molecule has 0 radical (unpaired) electrons. The van der Waals surface area contributed by atoms with E-state index in [1.807, 2.05) is 58.0 Å². The van der Waals surface area contributed by atoms with Crippen molar-refractivity contribution < 1.29 is 18.0 Å². The second kappa shape index (κ2) is 14.0. The number of nitrogens with one attached hydrogen (secondary N) is 1. The van der Waals surface area contributed by atoms with Crippen molar-refractivity contribution in [3.63, 3.8) is 0 Å². The third kappa shape index (κ3) is 7.99. The van der Waals surface area contributed by atoms with Gasteiger partial charge in [-0.25, -0.2) is 8.42 Å². The van der Waals surface area contributed by atoms with E-state index in [4.69, 9.17) is 23.2 Å². The lowest BCUT2D eigenvalue weighted by atomic mass is 10.1. The van der Waals surface area contributed by atoms with Gasteiger partial charge in [-0.1, -0.05) is 92.0 Å². The first kappa shape index (κ1) is 31.5. The zero-order valence-corrected chi connectivity index (χ0v) is 25.4. The number of nitrogens with zero attached hydrogens (tertiary/aromatic N) is 2.